The molecule has 8 nitrogen and oxygen atoms in total. The molecule has 160 valence electrons. The number of rotatable bonds is 1. The van der Waals surface area contributed by atoms with Crippen molar-refractivity contribution in [3.8, 4) is 0 Å². The molecule has 1 saturated heterocycles. The van der Waals surface area contributed by atoms with Crippen LogP contribution in [0.15, 0.2) is 11.6 Å². The van der Waals surface area contributed by atoms with E-state index in [0.717, 1.165) is 0 Å². The van der Waals surface area contributed by atoms with Crippen molar-refractivity contribution in [1.29, 1.82) is 0 Å². The highest BCUT2D eigenvalue weighted by Gasteiger charge is 2.78. The second-order valence-electron chi connectivity index (χ2n) is 9.63. The van der Waals surface area contributed by atoms with E-state index < -0.39 is 82.7 Å². The van der Waals surface area contributed by atoms with Crippen LogP contribution in [0.2, 0.25) is 0 Å². The number of hydrogen-bond donors (Lipinski definition) is 3. The Morgan fingerprint density at radius 2 is 1.72 bits per heavy atom. The van der Waals surface area contributed by atoms with Gasteiger partial charge in [0.05, 0.1) is 18.1 Å². The molecular weight excluding hydrogens is 380 g/mol. The molecule has 1 heterocycles. The van der Waals surface area contributed by atoms with Crippen molar-refractivity contribution >= 4 is 17.7 Å². The van der Waals surface area contributed by atoms with Crippen molar-refractivity contribution < 1.29 is 39.2 Å². The Morgan fingerprint density at radius 1 is 1.10 bits per heavy atom. The number of carbonyl (C=O) groups is 3. The Morgan fingerprint density at radius 3 is 2.31 bits per heavy atom. The van der Waals surface area contributed by atoms with Gasteiger partial charge < -0.3 is 24.8 Å². The minimum atomic E-state index is -1.48. The molecule has 3 aliphatic carbocycles. The molecule has 2 saturated carbocycles. The Hall–Kier alpha value is -1.77. The lowest BCUT2D eigenvalue weighted by atomic mass is 9.39. The fourth-order valence-electron chi connectivity index (χ4n) is 7.27. The standard InChI is InChI=1S/C21H28O8/c1-7-6-10(23)17(26)20(4)11(7)15(28-9(3)22)18-21(5)12(19(27)29-18)8(2)13(24)14(25)16(20)21/h6,8,11-18,24-26H,1-5H3/t8-,11-,12-,13-,14+,15-,16-,17-,18-,20+,21+/m1/s1. The van der Waals surface area contributed by atoms with Gasteiger partial charge in [-0.1, -0.05) is 26.3 Å². The van der Waals surface area contributed by atoms with Crippen LogP contribution in [0.4, 0.5) is 0 Å². The van der Waals surface area contributed by atoms with E-state index in [4.69, 9.17) is 9.47 Å². The van der Waals surface area contributed by atoms with Gasteiger partial charge in [-0.05, 0) is 18.9 Å². The molecule has 0 aromatic carbocycles. The number of esters is 2. The van der Waals surface area contributed by atoms with Gasteiger partial charge in [0.25, 0.3) is 0 Å². The number of ketones is 1. The Balaban J connectivity index is 2.01. The molecule has 29 heavy (non-hydrogen) atoms. The van der Waals surface area contributed by atoms with Gasteiger partial charge in [0.15, 0.2) is 5.78 Å². The number of hydrogen-bond acceptors (Lipinski definition) is 8. The molecule has 0 unspecified atom stereocenters. The van der Waals surface area contributed by atoms with E-state index in [1.165, 1.54) is 13.0 Å². The van der Waals surface area contributed by atoms with E-state index in [-0.39, 0.29) is 0 Å². The van der Waals surface area contributed by atoms with E-state index in [1.54, 1.807) is 27.7 Å². The molecule has 0 bridgehead atoms. The lowest BCUT2D eigenvalue weighted by Crippen LogP contribution is -2.74. The van der Waals surface area contributed by atoms with Gasteiger partial charge in [0.2, 0.25) is 0 Å². The average molecular weight is 408 g/mol. The summed E-state index contributed by atoms with van der Waals surface area (Å²) in [4.78, 5) is 37.4. The summed E-state index contributed by atoms with van der Waals surface area (Å²) in [6, 6.07) is 0. The van der Waals surface area contributed by atoms with Gasteiger partial charge in [0.1, 0.15) is 18.3 Å². The fourth-order valence-corrected chi connectivity index (χ4v) is 7.27. The number of fused-ring (bicyclic) bond motifs is 2. The zero-order chi connectivity index (χ0) is 21.6. The quantitative estimate of drug-likeness (QED) is 0.516. The Kier molecular flexibility index (Phi) is 4.33. The van der Waals surface area contributed by atoms with Crippen LogP contribution in [0.1, 0.15) is 34.6 Å². The van der Waals surface area contributed by atoms with Crippen LogP contribution in [-0.4, -0.2) is 63.6 Å². The van der Waals surface area contributed by atoms with E-state index >= 15 is 0 Å². The van der Waals surface area contributed by atoms with Crippen molar-refractivity contribution in [3.05, 3.63) is 11.6 Å². The van der Waals surface area contributed by atoms with Crippen molar-refractivity contribution in [2.75, 3.05) is 0 Å². The Labute approximate surface area is 168 Å². The highest BCUT2D eigenvalue weighted by Crippen LogP contribution is 2.69. The molecule has 0 amide bonds. The summed E-state index contributed by atoms with van der Waals surface area (Å²) < 4.78 is 11.4. The van der Waals surface area contributed by atoms with Gasteiger partial charge in [-0.3, -0.25) is 14.4 Å². The van der Waals surface area contributed by atoms with E-state index in [1.807, 2.05) is 0 Å². The van der Waals surface area contributed by atoms with Gasteiger partial charge in [-0.25, -0.2) is 0 Å². The molecule has 8 heteroatoms. The fraction of sp³-hybridized carbons (Fsp3) is 0.762. The molecular formula is C21H28O8. The summed E-state index contributed by atoms with van der Waals surface area (Å²) in [6.07, 6.45) is -4.45. The lowest BCUT2D eigenvalue weighted by molar-refractivity contribution is -0.269. The zero-order valence-electron chi connectivity index (χ0n) is 17.2. The molecule has 11 atom stereocenters. The van der Waals surface area contributed by atoms with Gasteiger partial charge >= 0.3 is 11.9 Å². The first-order valence-corrected chi connectivity index (χ1v) is 10.0. The summed E-state index contributed by atoms with van der Waals surface area (Å²) in [5.74, 6) is -4.46. The summed E-state index contributed by atoms with van der Waals surface area (Å²) in [7, 11) is 0. The molecule has 3 N–H and O–H groups in total. The highest BCUT2D eigenvalue weighted by molar-refractivity contribution is 5.96. The molecule has 4 rings (SSSR count). The first-order valence-electron chi connectivity index (χ1n) is 10.0. The maximum absolute atomic E-state index is 12.9. The maximum Gasteiger partial charge on any atom is 0.310 e. The second-order valence-corrected chi connectivity index (χ2v) is 9.63. The van der Waals surface area contributed by atoms with Crippen molar-refractivity contribution in [2.45, 2.75) is 65.1 Å². The first kappa shape index (κ1) is 20.5. The summed E-state index contributed by atoms with van der Waals surface area (Å²) >= 11 is 0. The van der Waals surface area contributed by atoms with Crippen LogP contribution in [0, 0.1) is 34.5 Å². The molecule has 0 radical (unpaired) electrons. The predicted octanol–water partition coefficient (Wildman–Crippen LogP) is -0.0203. The zero-order valence-corrected chi connectivity index (χ0v) is 17.2. The van der Waals surface area contributed by atoms with Crippen molar-refractivity contribution in [3.63, 3.8) is 0 Å². The van der Waals surface area contributed by atoms with Crippen LogP contribution in [0.25, 0.3) is 0 Å². The van der Waals surface area contributed by atoms with Gasteiger partial charge in [-0.15, -0.1) is 0 Å². The van der Waals surface area contributed by atoms with Crippen LogP contribution in [-0.2, 0) is 23.9 Å². The number of ether oxygens (including phenoxy) is 2. The number of carbonyl (C=O) groups excluding carboxylic acids is 3. The minimum absolute atomic E-state index is 0.507. The SMILES string of the molecule is CC(=O)O[C@H]1[C@H]2OC(=O)[C@H]3[C@@H](C)[C@@H](O)[C@H](O)[C@H]([C@@]4(C)[C@H](O)C(=O)C=C(C)[C@H]14)[C@@]23C. The largest absolute Gasteiger partial charge is 0.458 e. The predicted molar refractivity (Wildman–Crippen MR) is 98.1 cm³/mol. The van der Waals surface area contributed by atoms with E-state index in [0.29, 0.717) is 5.57 Å². The average Bonchev–Trinajstić information content (AvgIpc) is 2.87. The summed E-state index contributed by atoms with van der Waals surface area (Å²) in [5, 5.41) is 32.9. The Bertz CT molecular complexity index is 819. The molecule has 3 fully saturated rings. The first-order chi connectivity index (χ1) is 13.4. The molecule has 4 aliphatic rings. The number of aliphatic hydroxyl groups is 3. The minimum Gasteiger partial charge on any atom is -0.458 e. The van der Waals surface area contributed by atoms with Gasteiger partial charge in [-0.2, -0.15) is 0 Å². The maximum atomic E-state index is 12.9. The molecule has 0 aromatic rings. The molecule has 1 aliphatic heterocycles. The van der Waals surface area contributed by atoms with Crippen LogP contribution >= 0.6 is 0 Å². The summed E-state index contributed by atoms with van der Waals surface area (Å²) in [5.41, 5.74) is -1.73. The van der Waals surface area contributed by atoms with Crippen LogP contribution in [0.3, 0.4) is 0 Å². The highest BCUT2D eigenvalue weighted by atomic mass is 16.6. The van der Waals surface area contributed by atoms with Crippen LogP contribution < -0.4 is 0 Å². The van der Waals surface area contributed by atoms with Gasteiger partial charge in [0, 0.05) is 29.6 Å². The monoisotopic (exact) mass is 408 g/mol. The third kappa shape index (κ3) is 2.28. The lowest BCUT2D eigenvalue weighted by Gasteiger charge is -2.65. The normalized spacial score (nSPS) is 53.5. The van der Waals surface area contributed by atoms with Crippen molar-refractivity contribution in [1.82, 2.24) is 0 Å². The molecule has 0 aromatic heterocycles. The second kappa shape index (κ2) is 6.12. The van der Waals surface area contributed by atoms with Crippen LogP contribution in [0.5, 0.6) is 0 Å². The number of aliphatic hydroxyl groups excluding tert-OH is 3. The van der Waals surface area contributed by atoms with E-state index in [2.05, 4.69) is 0 Å². The third-order valence-corrected chi connectivity index (χ3v) is 8.19. The van der Waals surface area contributed by atoms with E-state index in [9.17, 15) is 29.7 Å². The van der Waals surface area contributed by atoms with Crippen molar-refractivity contribution in [2.24, 2.45) is 34.5 Å². The topological polar surface area (TPSA) is 130 Å². The summed E-state index contributed by atoms with van der Waals surface area (Å²) in [6.45, 7) is 8.07. The molecule has 0 spiro atoms. The third-order valence-electron chi connectivity index (χ3n) is 8.19. The smallest absolute Gasteiger partial charge is 0.310 e.